The first kappa shape index (κ1) is 19.2. The van der Waals surface area contributed by atoms with Gasteiger partial charge in [0.2, 0.25) is 11.8 Å². The number of aromatic nitrogens is 2. The molecule has 0 spiro atoms. The molecule has 3 rings (SSSR count). The SMILES string of the molecule is CC(C(=O)NCCC(=O)Nc1ccc(F)cc1)c1n[nH]c(=O)c2ccccc12. The number of hydrogen-bond acceptors (Lipinski definition) is 4. The van der Waals surface area contributed by atoms with Crippen molar-refractivity contribution in [2.45, 2.75) is 19.3 Å². The van der Waals surface area contributed by atoms with Gasteiger partial charge in [-0.1, -0.05) is 18.2 Å². The van der Waals surface area contributed by atoms with Gasteiger partial charge in [-0.2, -0.15) is 5.10 Å². The van der Waals surface area contributed by atoms with Crippen molar-refractivity contribution in [2.75, 3.05) is 11.9 Å². The summed E-state index contributed by atoms with van der Waals surface area (Å²) in [5, 5.41) is 12.8. The molecule has 28 heavy (non-hydrogen) atoms. The van der Waals surface area contributed by atoms with Crippen LogP contribution in [0.5, 0.6) is 0 Å². The summed E-state index contributed by atoms with van der Waals surface area (Å²) >= 11 is 0. The Kier molecular flexibility index (Phi) is 5.78. The summed E-state index contributed by atoms with van der Waals surface area (Å²) in [5.41, 5.74) is 0.628. The Morgan fingerprint density at radius 3 is 2.50 bits per heavy atom. The van der Waals surface area contributed by atoms with Gasteiger partial charge in [-0.15, -0.1) is 0 Å². The molecule has 0 fully saturated rings. The van der Waals surface area contributed by atoms with Gasteiger partial charge in [-0.05, 0) is 37.3 Å². The highest BCUT2D eigenvalue weighted by Crippen LogP contribution is 2.20. The summed E-state index contributed by atoms with van der Waals surface area (Å²) in [5.74, 6) is -1.60. The number of carbonyl (C=O) groups excluding carboxylic acids is 2. The zero-order valence-corrected chi connectivity index (χ0v) is 15.2. The van der Waals surface area contributed by atoms with E-state index >= 15 is 0 Å². The van der Waals surface area contributed by atoms with Crippen molar-refractivity contribution in [3.8, 4) is 0 Å². The first-order chi connectivity index (χ1) is 13.5. The van der Waals surface area contributed by atoms with Crippen LogP contribution in [0.25, 0.3) is 10.8 Å². The number of amides is 2. The fourth-order valence-corrected chi connectivity index (χ4v) is 2.80. The molecule has 7 nitrogen and oxygen atoms in total. The molecule has 1 heterocycles. The largest absolute Gasteiger partial charge is 0.355 e. The number of hydrogen-bond donors (Lipinski definition) is 3. The summed E-state index contributed by atoms with van der Waals surface area (Å²) in [6.45, 7) is 1.82. The predicted octanol–water partition coefficient (Wildman–Crippen LogP) is 2.31. The van der Waals surface area contributed by atoms with Crippen LogP contribution >= 0.6 is 0 Å². The number of H-pyrrole nitrogens is 1. The average molecular weight is 382 g/mol. The smallest absolute Gasteiger partial charge is 0.272 e. The van der Waals surface area contributed by atoms with Gasteiger partial charge in [0.1, 0.15) is 5.82 Å². The molecule has 0 aliphatic carbocycles. The van der Waals surface area contributed by atoms with Crippen LogP contribution in [0, 0.1) is 5.82 Å². The van der Waals surface area contributed by atoms with E-state index < -0.39 is 5.92 Å². The highest BCUT2D eigenvalue weighted by molar-refractivity contribution is 5.92. The van der Waals surface area contributed by atoms with E-state index in [9.17, 15) is 18.8 Å². The second-order valence-corrected chi connectivity index (χ2v) is 6.30. The Labute approximate surface area is 160 Å². The van der Waals surface area contributed by atoms with Crippen molar-refractivity contribution in [1.82, 2.24) is 15.5 Å². The number of nitrogens with zero attached hydrogens (tertiary/aromatic N) is 1. The van der Waals surface area contributed by atoms with Crippen molar-refractivity contribution < 1.29 is 14.0 Å². The third-order valence-electron chi connectivity index (χ3n) is 4.31. The van der Waals surface area contributed by atoms with E-state index in [2.05, 4.69) is 20.8 Å². The Morgan fingerprint density at radius 1 is 1.11 bits per heavy atom. The van der Waals surface area contributed by atoms with E-state index in [1.807, 2.05) is 0 Å². The lowest BCUT2D eigenvalue weighted by atomic mass is 10.0. The van der Waals surface area contributed by atoms with Crippen LogP contribution in [0.2, 0.25) is 0 Å². The lowest BCUT2D eigenvalue weighted by Gasteiger charge is -2.13. The maximum Gasteiger partial charge on any atom is 0.272 e. The minimum atomic E-state index is -0.609. The molecule has 3 aromatic rings. The summed E-state index contributed by atoms with van der Waals surface area (Å²) in [6, 6.07) is 12.3. The van der Waals surface area contributed by atoms with Crippen molar-refractivity contribution >= 4 is 28.3 Å². The molecule has 0 bridgehead atoms. The van der Waals surface area contributed by atoms with Crippen LogP contribution in [0.15, 0.2) is 53.3 Å². The number of halogens is 1. The molecule has 0 saturated carbocycles. The monoisotopic (exact) mass is 382 g/mol. The zero-order valence-electron chi connectivity index (χ0n) is 15.2. The van der Waals surface area contributed by atoms with Gasteiger partial charge < -0.3 is 10.6 Å². The molecule has 1 aromatic heterocycles. The zero-order chi connectivity index (χ0) is 20.1. The van der Waals surface area contributed by atoms with Crippen LogP contribution in [0.4, 0.5) is 10.1 Å². The minimum absolute atomic E-state index is 0.0651. The van der Waals surface area contributed by atoms with Gasteiger partial charge in [0.25, 0.3) is 5.56 Å². The lowest BCUT2D eigenvalue weighted by molar-refractivity contribution is -0.122. The molecule has 0 aliphatic heterocycles. The molecule has 1 atom stereocenters. The fourth-order valence-electron chi connectivity index (χ4n) is 2.80. The molecule has 2 amide bonds. The minimum Gasteiger partial charge on any atom is -0.355 e. The number of benzene rings is 2. The molecule has 2 aromatic carbocycles. The molecule has 3 N–H and O–H groups in total. The molecule has 1 unspecified atom stereocenters. The second-order valence-electron chi connectivity index (χ2n) is 6.30. The van der Waals surface area contributed by atoms with Crippen LogP contribution in [-0.2, 0) is 9.59 Å². The summed E-state index contributed by atoms with van der Waals surface area (Å²) in [6.07, 6.45) is 0.0651. The lowest BCUT2D eigenvalue weighted by Crippen LogP contribution is -2.32. The number of anilines is 1. The summed E-state index contributed by atoms with van der Waals surface area (Å²) < 4.78 is 12.9. The third kappa shape index (κ3) is 4.40. The highest BCUT2D eigenvalue weighted by Gasteiger charge is 2.20. The van der Waals surface area contributed by atoms with Gasteiger partial charge in [0, 0.05) is 24.0 Å². The van der Waals surface area contributed by atoms with Crippen LogP contribution in [-0.4, -0.2) is 28.6 Å². The number of carbonyl (C=O) groups is 2. The molecule has 0 saturated heterocycles. The van der Waals surface area contributed by atoms with E-state index in [1.165, 1.54) is 24.3 Å². The summed E-state index contributed by atoms with van der Waals surface area (Å²) in [7, 11) is 0. The van der Waals surface area contributed by atoms with Gasteiger partial charge in [-0.3, -0.25) is 14.4 Å². The molecule has 144 valence electrons. The average Bonchev–Trinajstić information content (AvgIpc) is 2.69. The van der Waals surface area contributed by atoms with Gasteiger partial charge >= 0.3 is 0 Å². The van der Waals surface area contributed by atoms with Crippen molar-refractivity contribution in [3.05, 3.63) is 70.4 Å². The Morgan fingerprint density at radius 2 is 1.79 bits per heavy atom. The van der Waals surface area contributed by atoms with Crippen molar-refractivity contribution in [2.24, 2.45) is 0 Å². The van der Waals surface area contributed by atoms with Crippen LogP contribution < -0.4 is 16.2 Å². The molecule has 8 heteroatoms. The maximum atomic E-state index is 12.9. The molecular formula is C20H19FN4O3. The van der Waals surface area contributed by atoms with Gasteiger partial charge in [0.15, 0.2) is 0 Å². The number of nitrogens with one attached hydrogen (secondary N) is 3. The quantitative estimate of drug-likeness (QED) is 0.608. The Bertz CT molecular complexity index is 1060. The number of rotatable bonds is 6. The fraction of sp³-hybridized carbons (Fsp3) is 0.200. The Hall–Kier alpha value is -3.55. The van der Waals surface area contributed by atoms with E-state index in [0.29, 0.717) is 22.2 Å². The summed E-state index contributed by atoms with van der Waals surface area (Å²) in [4.78, 5) is 36.2. The third-order valence-corrected chi connectivity index (χ3v) is 4.31. The topological polar surface area (TPSA) is 104 Å². The van der Waals surface area contributed by atoms with Crippen LogP contribution in [0.3, 0.4) is 0 Å². The highest BCUT2D eigenvalue weighted by atomic mass is 19.1. The van der Waals surface area contributed by atoms with Crippen molar-refractivity contribution in [1.29, 1.82) is 0 Å². The number of fused-ring (bicyclic) bond motifs is 1. The second kappa shape index (κ2) is 8.43. The maximum absolute atomic E-state index is 12.9. The van der Waals surface area contributed by atoms with Gasteiger partial charge in [0.05, 0.1) is 17.0 Å². The van der Waals surface area contributed by atoms with E-state index in [-0.39, 0.29) is 36.2 Å². The van der Waals surface area contributed by atoms with Gasteiger partial charge in [-0.25, -0.2) is 9.49 Å². The molecule has 0 aliphatic rings. The predicted molar refractivity (Wildman–Crippen MR) is 103 cm³/mol. The van der Waals surface area contributed by atoms with E-state index in [0.717, 1.165) is 0 Å². The van der Waals surface area contributed by atoms with Crippen molar-refractivity contribution in [3.63, 3.8) is 0 Å². The first-order valence-corrected chi connectivity index (χ1v) is 8.76. The number of aromatic amines is 1. The van der Waals surface area contributed by atoms with E-state index in [1.54, 1.807) is 31.2 Å². The standard InChI is InChI=1S/C20H19FN4O3/c1-12(18-15-4-2-3-5-16(15)20(28)25-24-18)19(27)22-11-10-17(26)23-14-8-6-13(21)7-9-14/h2-9,12H,10-11H2,1H3,(H,22,27)(H,23,26)(H,25,28). The van der Waals surface area contributed by atoms with Crippen LogP contribution in [0.1, 0.15) is 25.0 Å². The van der Waals surface area contributed by atoms with E-state index in [4.69, 9.17) is 0 Å². The molecular weight excluding hydrogens is 363 g/mol. The Balaban J connectivity index is 1.58. The first-order valence-electron chi connectivity index (χ1n) is 8.76. The normalized spacial score (nSPS) is 11.8. The molecule has 0 radical (unpaired) electrons.